The number of nitrogens with zero attached hydrogens (tertiary/aromatic N) is 5. The van der Waals surface area contributed by atoms with E-state index in [9.17, 15) is 8.42 Å². The molecule has 0 aromatic carbocycles. The van der Waals surface area contributed by atoms with Gasteiger partial charge in [-0.25, -0.2) is 13.4 Å². The van der Waals surface area contributed by atoms with E-state index in [0.717, 1.165) is 42.8 Å². The summed E-state index contributed by atoms with van der Waals surface area (Å²) in [7, 11) is -2.95. The second-order valence-corrected chi connectivity index (χ2v) is 9.83. The Bertz CT molecular complexity index is 1070. The first-order valence-electron chi connectivity index (χ1n) is 9.22. The van der Waals surface area contributed by atoms with Crippen LogP contribution in [0.15, 0.2) is 18.5 Å². The van der Waals surface area contributed by atoms with Crippen molar-refractivity contribution in [2.45, 2.75) is 43.9 Å². The number of rotatable bonds is 5. The number of aromatic nitrogens is 5. The molecule has 138 valence electrons. The molecule has 0 unspecified atom stereocenters. The summed E-state index contributed by atoms with van der Waals surface area (Å²) >= 11 is 0. The molecule has 4 heterocycles. The van der Waals surface area contributed by atoms with Crippen molar-refractivity contribution in [1.82, 2.24) is 24.6 Å². The molecule has 0 amide bonds. The third kappa shape index (κ3) is 2.48. The number of H-pyrrole nitrogens is 1. The fourth-order valence-electron chi connectivity index (χ4n) is 4.21. The lowest BCUT2D eigenvalue weighted by Gasteiger charge is -2.23. The Morgan fingerprint density at radius 2 is 2.15 bits per heavy atom. The van der Waals surface area contributed by atoms with Crippen LogP contribution in [0, 0.1) is 5.92 Å². The van der Waals surface area contributed by atoms with Crippen LogP contribution in [0.5, 0.6) is 0 Å². The van der Waals surface area contributed by atoms with Gasteiger partial charge in [-0.2, -0.15) is 0 Å². The molecule has 0 radical (unpaired) electrons. The average Bonchev–Trinajstić information content (AvgIpc) is 3.06. The normalized spacial score (nSPS) is 24.1. The van der Waals surface area contributed by atoms with Gasteiger partial charge in [-0.15, -0.1) is 10.2 Å². The van der Waals surface area contributed by atoms with Gasteiger partial charge in [-0.05, 0) is 37.7 Å². The highest BCUT2D eigenvalue weighted by molar-refractivity contribution is 7.92. The van der Waals surface area contributed by atoms with E-state index in [1.54, 1.807) is 6.20 Å². The molecule has 2 fully saturated rings. The van der Waals surface area contributed by atoms with E-state index < -0.39 is 9.84 Å². The first-order valence-corrected chi connectivity index (χ1v) is 10.9. The maximum Gasteiger partial charge on any atom is 0.232 e. The van der Waals surface area contributed by atoms with Gasteiger partial charge in [0.05, 0.1) is 22.7 Å². The second-order valence-electron chi connectivity index (χ2n) is 7.51. The molecular formula is C17H22N6O2S. The Kier molecular flexibility index (Phi) is 3.50. The van der Waals surface area contributed by atoms with Gasteiger partial charge in [-0.1, -0.05) is 6.92 Å². The van der Waals surface area contributed by atoms with E-state index in [1.165, 1.54) is 0 Å². The molecule has 9 heteroatoms. The van der Waals surface area contributed by atoms with Crippen molar-refractivity contribution >= 4 is 32.6 Å². The summed E-state index contributed by atoms with van der Waals surface area (Å²) in [4.78, 5) is 9.72. The molecule has 2 aliphatic rings. The lowest BCUT2D eigenvalue weighted by molar-refractivity contribution is 0.555. The van der Waals surface area contributed by atoms with E-state index in [4.69, 9.17) is 0 Å². The highest BCUT2D eigenvalue weighted by Crippen LogP contribution is 2.35. The molecule has 0 bridgehead atoms. The lowest BCUT2D eigenvalue weighted by atomic mass is 10.1. The topological polar surface area (TPSA) is 96.2 Å². The van der Waals surface area contributed by atoms with Crippen molar-refractivity contribution in [3.05, 3.63) is 18.5 Å². The van der Waals surface area contributed by atoms with E-state index in [-0.39, 0.29) is 17.2 Å². The molecule has 8 nitrogen and oxygen atoms in total. The maximum absolute atomic E-state index is 12.4. The number of anilines is 1. The Morgan fingerprint density at radius 1 is 1.31 bits per heavy atom. The Hall–Kier alpha value is -2.16. The van der Waals surface area contributed by atoms with Crippen molar-refractivity contribution in [3.63, 3.8) is 0 Å². The first kappa shape index (κ1) is 16.0. The van der Waals surface area contributed by atoms with Gasteiger partial charge in [0, 0.05) is 18.8 Å². The van der Waals surface area contributed by atoms with Crippen LogP contribution in [0.25, 0.3) is 16.8 Å². The van der Waals surface area contributed by atoms with Gasteiger partial charge in [-0.3, -0.25) is 4.40 Å². The van der Waals surface area contributed by atoms with Crippen LogP contribution in [0.2, 0.25) is 0 Å². The van der Waals surface area contributed by atoms with E-state index in [1.807, 2.05) is 16.7 Å². The largest absolute Gasteiger partial charge is 0.345 e. The zero-order chi connectivity index (χ0) is 17.9. The third-order valence-electron chi connectivity index (χ3n) is 5.65. The van der Waals surface area contributed by atoms with E-state index >= 15 is 0 Å². The van der Waals surface area contributed by atoms with Gasteiger partial charge in [0.2, 0.25) is 5.95 Å². The van der Waals surface area contributed by atoms with Gasteiger partial charge in [0.25, 0.3) is 0 Å². The minimum absolute atomic E-state index is 0.0869. The molecule has 2 atom stereocenters. The predicted molar refractivity (Wildman–Crippen MR) is 99.0 cm³/mol. The number of aromatic amines is 1. The molecule has 1 aliphatic heterocycles. The van der Waals surface area contributed by atoms with Gasteiger partial charge in [0.1, 0.15) is 0 Å². The van der Waals surface area contributed by atoms with Gasteiger partial charge in [0.15, 0.2) is 21.1 Å². The fraction of sp³-hybridized carbons (Fsp3) is 0.588. The van der Waals surface area contributed by atoms with Crippen molar-refractivity contribution in [3.8, 4) is 0 Å². The Morgan fingerprint density at radius 3 is 2.92 bits per heavy atom. The summed E-state index contributed by atoms with van der Waals surface area (Å²) in [5.41, 5.74) is 2.43. The van der Waals surface area contributed by atoms with Crippen molar-refractivity contribution in [2.24, 2.45) is 5.92 Å². The molecule has 3 aromatic rings. The molecular weight excluding hydrogens is 352 g/mol. The van der Waals surface area contributed by atoms with Crippen LogP contribution in [0.4, 0.5) is 5.95 Å². The van der Waals surface area contributed by atoms with Crippen LogP contribution >= 0.6 is 0 Å². The van der Waals surface area contributed by atoms with Crippen molar-refractivity contribution < 1.29 is 8.42 Å². The zero-order valence-electron chi connectivity index (χ0n) is 14.7. The minimum atomic E-state index is -2.95. The standard InChI is InChI=1S/C17H22N6O2S/c1-2-12-7-11(10-26(24,25)13-3-4-13)9-22(12)17-21-20-15-8-19-16-14(23(15)17)5-6-18-16/h5-6,8,11-13,18H,2-4,7,9-10H2,1H3/t11-,12+/m0/s1. The molecule has 1 saturated heterocycles. The summed E-state index contributed by atoms with van der Waals surface area (Å²) in [6, 6.07) is 2.25. The molecule has 26 heavy (non-hydrogen) atoms. The van der Waals surface area contributed by atoms with Crippen LogP contribution in [-0.4, -0.2) is 56.6 Å². The lowest BCUT2D eigenvalue weighted by Crippen LogP contribution is -2.31. The summed E-state index contributed by atoms with van der Waals surface area (Å²) in [6.07, 6.45) is 7.08. The molecule has 3 aromatic heterocycles. The summed E-state index contributed by atoms with van der Waals surface area (Å²) in [5.74, 6) is 1.23. The number of hydrogen-bond acceptors (Lipinski definition) is 6. The number of fused-ring (bicyclic) bond motifs is 3. The molecule has 0 spiro atoms. The van der Waals surface area contributed by atoms with Crippen molar-refractivity contribution in [1.29, 1.82) is 0 Å². The van der Waals surface area contributed by atoms with Crippen molar-refractivity contribution in [2.75, 3.05) is 17.2 Å². The van der Waals surface area contributed by atoms with Gasteiger partial charge >= 0.3 is 0 Å². The van der Waals surface area contributed by atoms with Crippen LogP contribution in [-0.2, 0) is 9.84 Å². The molecule has 1 N–H and O–H groups in total. The number of hydrogen-bond donors (Lipinski definition) is 1. The monoisotopic (exact) mass is 374 g/mol. The second kappa shape index (κ2) is 5.67. The molecule has 1 saturated carbocycles. The van der Waals surface area contributed by atoms with Gasteiger partial charge < -0.3 is 9.88 Å². The van der Waals surface area contributed by atoms with E-state index in [2.05, 4.69) is 32.0 Å². The number of nitrogens with one attached hydrogen (secondary N) is 1. The first-order chi connectivity index (χ1) is 12.6. The Labute approximate surface area is 151 Å². The third-order valence-corrected chi connectivity index (χ3v) is 8.08. The zero-order valence-corrected chi connectivity index (χ0v) is 15.5. The quantitative estimate of drug-likeness (QED) is 0.731. The average molecular weight is 374 g/mol. The predicted octanol–water partition coefficient (Wildman–Crippen LogP) is 1.79. The highest BCUT2D eigenvalue weighted by atomic mass is 32.2. The smallest absolute Gasteiger partial charge is 0.232 e. The van der Waals surface area contributed by atoms with E-state index in [0.29, 0.717) is 17.9 Å². The molecule has 5 rings (SSSR count). The maximum atomic E-state index is 12.4. The van der Waals surface area contributed by atoms with Crippen LogP contribution < -0.4 is 4.90 Å². The summed E-state index contributed by atoms with van der Waals surface area (Å²) in [5, 5.41) is 8.61. The number of sulfone groups is 1. The van der Waals surface area contributed by atoms with Crippen LogP contribution in [0.1, 0.15) is 32.6 Å². The minimum Gasteiger partial charge on any atom is -0.345 e. The fourth-order valence-corrected chi connectivity index (χ4v) is 6.23. The highest BCUT2D eigenvalue weighted by Gasteiger charge is 2.41. The molecule has 1 aliphatic carbocycles. The van der Waals surface area contributed by atoms with Crippen LogP contribution in [0.3, 0.4) is 0 Å². The summed E-state index contributed by atoms with van der Waals surface area (Å²) in [6.45, 7) is 2.85. The summed E-state index contributed by atoms with van der Waals surface area (Å²) < 4.78 is 26.9. The Balaban J connectivity index is 1.50. The SMILES string of the molecule is CC[C@@H]1C[C@H](CS(=O)(=O)C2CC2)CN1c1nnc2cnc3[nH]ccc3n12.